The van der Waals surface area contributed by atoms with Crippen molar-refractivity contribution in [3.05, 3.63) is 108 Å². The van der Waals surface area contributed by atoms with Crippen molar-refractivity contribution in [2.75, 3.05) is 6.54 Å². The Bertz CT molecular complexity index is 1040. The molecule has 4 rings (SSSR count). The van der Waals surface area contributed by atoms with Crippen LogP contribution in [0.15, 0.2) is 91.0 Å². The molecule has 0 aromatic heterocycles. The fraction of sp³-hybridized carbons (Fsp3) is 0.310. The van der Waals surface area contributed by atoms with Gasteiger partial charge >= 0.3 is 0 Å². The summed E-state index contributed by atoms with van der Waals surface area (Å²) in [4.78, 5) is 25.6. The quantitative estimate of drug-likeness (QED) is 0.354. The first kappa shape index (κ1) is 23.7. The van der Waals surface area contributed by atoms with E-state index >= 15 is 0 Å². The zero-order valence-electron chi connectivity index (χ0n) is 19.5. The highest BCUT2D eigenvalue weighted by Crippen LogP contribution is 2.40. The summed E-state index contributed by atoms with van der Waals surface area (Å²) in [5, 5.41) is 9.55. The average molecular weight is 456 g/mol. The topological polar surface area (TPSA) is 70.2 Å². The van der Waals surface area contributed by atoms with E-state index in [1.165, 1.54) is 12.0 Å². The molecule has 3 aromatic rings. The third kappa shape index (κ3) is 7.03. The van der Waals surface area contributed by atoms with E-state index in [1.54, 1.807) is 12.1 Å². The fourth-order valence-corrected chi connectivity index (χ4v) is 4.26. The van der Waals surface area contributed by atoms with Crippen molar-refractivity contribution in [1.82, 2.24) is 16.0 Å². The van der Waals surface area contributed by atoms with Crippen molar-refractivity contribution >= 4 is 11.8 Å². The predicted molar refractivity (Wildman–Crippen MR) is 135 cm³/mol. The van der Waals surface area contributed by atoms with Crippen molar-refractivity contribution in [3.63, 3.8) is 0 Å². The Hall–Kier alpha value is -3.44. The van der Waals surface area contributed by atoms with Gasteiger partial charge in [-0.15, -0.1) is 0 Å². The largest absolute Gasteiger partial charge is 0.350 e. The molecular formula is C29H33N3O2. The standard InChI is InChI=1S/C29H33N3O2/c33-28(24-16-8-3-9-17-24)32-26(29(34)31-21-22-12-4-1-5-13-22)18-10-11-19-30-27-20-25(27)23-14-6-2-7-15-23/h1-9,12-17,25-27,30H,10-11,18-21H2,(H,31,34)(H,32,33)/t25?,26-,27?/m0/s1. The molecule has 1 fully saturated rings. The minimum atomic E-state index is -0.561. The van der Waals surface area contributed by atoms with E-state index in [9.17, 15) is 9.59 Å². The zero-order chi connectivity index (χ0) is 23.6. The molecule has 2 unspecified atom stereocenters. The smallest absolute Gasteiger partial charge is 0.251 e. The molecule has 0 aliphatic heterocycles. The number of benzene rings is 3. The monoisotopic (exact) mass is 455 g/mol. The molecule has 0 radical (unpaired) electrons. The van der Waals surface area contributed by atoms with Crippen LogP contribution in [-0.2, 0) is 11.3 Å². The fourth-order valence-electron chi connectivity index (χ4n) is 4.26. The maximum Gasteiger partial charge on any atom is 0.251 e. The number of amides is 2. The summed E-state index contributed by atoms with van der Waals surface area (Å²) < 4.78 is 0. The van der Waals surface area contributed by atoms with Crippen molar-refractivity contribution < 1.29 is 9.59 Å². The molecule has 5 nitrogen and oxygen atoms in total. The summed E-state index contributed by atoms with van der Waals surface area (Å²) in [5.41, 5.74) is 3.00. The number of hydrogen-bond donors (Lipinski definition) is 3. The van der Waals surface area contributed by atoms with E-state index in [0.29, 0.717) is 30.5 Å². The number of carbonyl (C=O) groups is 2. The Labute approximate surface area is 202 Å². The SMILES string of the molecule is O=C(N[C@@H](CCCCNC1CC1c1ccccc1)C(=O)NCc1ccccc1)c1ccccc1. The second kappa shape index (κ2) is 12.1. The van der Waals surface area contributed by atoms with Gasteiger partial charge in [0.05, 0.1) is 0 Å². The second-order valence-corrected chi connectivity index (χ2v) is 8.90. The third-order valence-electron chi connectivity index (χ3n) is 6.31. The molecule has 3 atom stereocenters. The molecule has 0 spiro atoms. The molecule has 5 heteroatoms. The number of unbranched alkanes of at least 4 members (excludes halogenated alkanes) is 1. The maximum absolute atomic E-state index is 12.9. The lowest BCUT2D eigenvalue weighted by Crippen LogP contribution is -2.46. The van der Waals surface area contributed by atoms with E-state index in [0.717, 1.165) is 24.9 Å². The highest BCUT2D eigenvalue weighted by Gasteiger charge is 2.37. The van der Waals surface area contributed by atoms with Gasteiger partial charge in [0.2, 0.25) is 5.91 Å². The van der Waals surface area contributed by atoms with Gasteiger partial charge < -0.3 is 16.0 Å². The Morgan fingerprint density at radius 3 is 2.18 bits per heavy atom. The van der Waals surface area contributed by atoms with Crippen LogP contribution in [0.5, 0.6) is 0 Å². The van der Waals surface area contributed by atoms with Crippen LogP contribution >= 0.6 is 0 Å². The normalized spacial score (nSPS) is 17.5. The van der Waals surface area contributed by atoms with Gasteiger partial charge in [0, 0.05) is 24.1 Å². The van der Waals surface area contributed by atoms with E-state index in [-0.39, 0.29) is 11.8 Å². The summed E-state index contributed by atoms with van der Waals surface area (Å²) in [6.45, 7) is 1.36. The van der Waals surface area contributed by atoms with Crippen LogP contribution in [-0.4, -0.2) is 30.4 Å². The van der Waals surface area contributed by atoms with Crippen LogP contribution in [0.3, 0.4) is 0 Å². The number of rotatable bonds is 12. The highest BCUT2D eigenvalue weighted by molar-refractivity contribution is 5.97. The first-order valence-electron chi connectivity index (χ1n) is 12.2. The molecule has 1 aliphatic rings. The van der Waals surface area contributed by atoms with E-state index in [4.69, 9.17) is 0 Å². The summed E-state index contributed by atoms with van der Waals surface area (Å²) in [7, 11) is 0. The van der Waals surface area contributed by atoms with Gasteiger partial charge in [-0.3, -0.25) is 9.59 Å². The number of carbonyl (C=O) groups excluding carboxylic acids is 2. The molecule has 0 bridgehead atoms. The second-order valence-electron chi connectivity index (χ2n) is 8.90. The van der Waals surface area contributed by atoms with Crippen molar-refractivity contribution in [1.29, 1.82) is 0 Å². The van der Waals surface area contributed by atoms with Gasteiger partial charge in [-0.05, 0) is 55.5 Å². The molecule has 3 aromatic carbocycles. The van der Waals surface area contributed by atoms with Gasteiger partial charge in [0.1, 0.15) is 6.04 Å². The number of nitrogens with one attached hydrogen (secondary N) is 3. The van der Waals surface area contributed by atoms with Gasteiger partial charge in [0.25, 0.3) is 5.91 Å². The van der Waals surface area contributed by atoms with E-state index in [2.05, 4.69) is 46.3 Å². The van der Waals surface area contributed by atoms with Gasteiger partial charge in [-0.2, -0.15) is 0 Å². The van der Waals surface area contributed by atoms with Crippen LogP contribution in [0, 0.1) is 0 Å². The molecule has 0 saturated heterocycles. The molecule has 2 amide bonds. The van der Waals surface area contributed by atoms with Crippen LogP contribution in [0.4, 0.5) is 0 Å². The van der Waals surface area contributed by atoms with Crippen LogP contribution in [0.1, 0.15) is 53.1 Å². The molecular weight excluding hydrogens is 422 g/mol. The van der Waals surface area contributed by atoms with Gasteiger partial charge in [-0.25, -0.2) is 0 Å². The molecule has 0 heterocycles. The summed E-state index contributed by atoms with van der Waals surface area (Å²) in [5.74, 6) is 0.248. The summed E-state index contributed by atoms with van der Waals surface area (Å²) >= 11 is 0. The third-order valence-corrected chi connectivity index (χ3v) is 6.31. The minimum absolute atomic E-state index is 0.146. The van der Waals surface area contributed by atoms with Crippen LogP contribution < -0.4 is 16.0 Å². The number of hydrogen-bond acceptors (Lipinski definition) is 3. The van der Waals surface area contributed by atoms with Crippen LogP contribution in [0.25, 0.3) is 0 Å². The van der Waals surface area contributed by atoms with E-state index < -0.39 is 6.04 Å². The molecule has 34 heavy (non-hydrogen) atoms. The Morgan fingerprint density at radius 2 is 1.47 bits per heavy atom. The van der Waals surface area contributed by atoms with Crippen molar-refractivity contribution in [2.24, 2.45) is 0 Å². The highest BCUT2D eigenvalue weighted by atomic mass is 16.2. The van der Waals surface area contributed by atoms with Crippen LogP contribution in [0.2, 0.25) is 0 Å². The van der Waals surface area contributed by atoms with Gasteiger partial charge in [-0.1, -0.05) is 78.9 Å². The molecule has 176 valence electrons. The lowest BCUT2D eigenvalue weighted by molar-refractivity contribution is -0.123. The first-order chi connectivity index (χ1) is 16.7. The predicted octanol–water partition coefficient (Wildman–Crippen LogP) is 4.42. The van der Waals surface area contributed by atoms with E-state index in [1.807, 2.05) is 48.5 Å². The van der Waals surface area contributed by atoms with Crippen molar-refractivity contribution in [2.45, 2.75) is 50.2 Å². The Balaban J connectivity index is 1.24. The van der Waals surface area contributed by atoms with Gasteiger partial charge in [0.15, 0.2) is 0 Å². The molecule has 1 aliphatic carbocycles. The summed E-state index contributed by atoms with van der Waals surface area (Å²) in [6, 6.07) is 29.5. The lowest BCUT2D eigenvalue weighted by atomic mass is 10.1. The minimum Gasteiger partial charge on any atom is -0.350 e. The lowest BCUT2D eigenvalue weighted by Gasteiger charge is -2.19. The first-order valence-corrected chi connectivity index (χ1v) is 12.2. The van der Waals surface area contributed by atoms with Crippen molar-refractivity contribution in [3.8, 4) is 0 Å². The zero-order valence-corrected chi connectivity index (χ0v) is 19.5. The Kier molecular flexibility index (Phi) is 8.47. The molecule has 3 N–H and O–H groups in total. The molecule has 1 saturated carbocycles. The average Bonchev–Trinajstić information content (AvgIpc) is 3.67. The Morgan fingerprint density at radius 1 is 0.824 bits per heavy atom. The maximum atomic E-state index is 12.9. The summed E-state index contributed by atoms with van der Waals surface area (Å²) in [6.07, 6.45) is 3.60.